The monoisotopic (exact) mass is 295 g/mol. The van der Waals surface area contributed by atoms with Crippen molar-refractivity contribution in [1.29, 1.82) is 0 Å². The molecule has 2 aromatic rings. The number of nitrogens with zero attached hydrogens (tertiary/aromatic N) is 1. The fourth-order valence-electron chi connectivity index (χ4n) is 1.55. The van der Waals surface area contributed by atoms with Gasteiger partial charge in [0.2, 0.25) is 0 Å². The second-order valence-corrected chi connectivity index (χ2v) is 5.74. The van der Waals surface area contributed by atoms with Gasteiger partial charge in [-0.3, -0.25) is 4.57 Å². The summed E-state index contributed by atoms with van der Waals surface area (Å²) in [5.74, 6) is 0. The third-order valence-corrected chi connectivity index (χ3v) is 2.93. The van der Waals surface area contributed by atoms with E-state index in [1.165, 1.54) is 4.57 Å². The summed E-state index contributed by atoms with van der Waals surface area (Å²) in [5.41, 5.74) is -0.481. The van der Waals surface area contributed by atoms with Crippen LogP contribution in [-0.4, -0.2) is 16.3 Å². The molecule has 0 N–H and O–H groups in total. The lowest BCUT2D eigenvalue weighted by Crippen LogP contribution is -2.26. The normalized spacial score (nSPS) is 11.8. The fourth-order valence-corrected chi connectivity index (χ4v) is 2.03. The first kappa shape index (κ1) is 12.2. The van der Waals surface area contributed by atoms with E-state index in [0.717, 1.165) is 15.2 Å². The van der Waals surface area contributed by atoms with Crippen LogP contribution in [0.4, 0.5) is 4.79 Å². The maximum absolute atomic E-state index is 11.9. The molecule has 0 atom stereocenters. The second kappa shape index (κ2) is 4.18. The quantitative estimate of drug-likeness (QED) is 0.730. The lowest BCUT2D eigenvalue weighted by Gasteiger charge is -2.19. The van der Waals surface area contributed by atoms with Gasteiger partial charge < -0.3 is 4.74 Å². The number of rotatable bonds is 0. The zero-order valence-corrected chi connectivity index (χ0v) is 11.6. The summed E-state index contributed by atoms with van der Waals surface area (Å²) in [5, 5.41) is 2.00. The van der Waals surface area contributed by atoms with Crippen LogP contribution in [0.25, 0.3) is 10.8 Å². The molecule has 1 aromatic carbocycles. The van der Waals surface area contributed by atoms with Crippen molar-refractivity contribution < 1.29 is 9.53 Å². The van der Waals surface area contributed by atoms with Gasteiger partial charge in [-0.15, -0.1) is 0 Å². The van der Waals surface area contributed by atoms with Gasteiger partial charge in [0.25, 0.3) is 0 Å². The molecule has 2 rings (SSSR count). The molecule has 0 amide bonds. The Balaban J connectivity index is 2.37. The molecule has 1 heterocycles. The van der Waals surface area contributed by atoms with Gasteiger partial charge in [0.1, 0.15) is 5.60 Å². The molecule has 0 saturated heterocycles. The Morgan fingerprint density at radius 2 is 2.00 bits per heavy atom. The molecule has 0 bridgehead atoms. The number of halogens is 1. The van der Waals surface area contributed by atoms with Gasteiger partial charge in [-0.1, -0.05) is 28.1 Å². The zero-order valence-electron chi connectivity index (χ0n) is 10.0. The van der Waals surface area contributed by atoms with Gasteiger partial charge in [0, 0.05) is 27.6 Å². The van der Waals surface area contributed by atoms with E-state index in [9.17, 15) is 4.79 Å². The Bertz CT molecular complexity index is 566. The molecule has 90 valence electrons. The minimum atomic E-state index is -0.481. The first-order valence-corrected chi connectivity index (χ1v) is 6.16. The summed E-state index contributed by atoms with van der Waals surface area (Å²) in [6.07, 6.45) is 3.18. The summed E-state index contributed by atoms with van der Waals surface area (Å²) in [6, 6.07) is 5.84. The molecule has 0 radical (unpaired) electrons. The predicted molar refractivity (Wildman–Crippen MR) is 71.3 cm³/mol. The SMILES string of the molecule is CC(C)(C)OC(=O)n1cc2cccc(Br)c2c1. The van der Waals surface area contributed by atoms with Crippen molar-refractivity contribution in [2.45, 2.75) is 26.4 Å². The molecular weight excluding hydrogens is 282 g/mol. The molecule has 0 aliphatic rings. The van der Waals surface area contributed by atoms with Crippen LogP contribution in [0.2, 0.25) is 0 Å². The van der Waals surface area contributed by atoms with E-state index in [2.05, 4.69) is 15.9 Å². The average Bonchev–Trinajstić information content (AvgIpc) is 2.60. The molecule has 0 aliphatic carbocycles. The highest BCUT2D eigenvalue weighted by Crippen LogP contribution is 2.24. The third kappa shape index (κ3) is 2.69. The second-order valence-electron chi connectivity index (χ2n) is 4.89. The van der Waals surface area contributed by atoms with E-state index in [-0.39, 0.29) is 6.09 Å². The van der Waals surface area contributed by atoms with E-state index in [4.69, 9.17) is 4.74 Å². The van der Waals surface area contributed by atoms with Crippen LogP contribution in [-0.2, 0) is 4.74 Å². The smallest absolute Gasteiger partial charge is 0.418 e. The first-order chi connectivity index (χ1) is 7.87. The average molecular weight is 296 g/mol. The number of carbonyl (C=O) groups is 1. The fraction of sp³-hybridized carbons (Fsp3) is 0.308. The van der Waals surface area contributed by atoms with Crippen molar-refractivity contribution in [3.8, 4) is 0 Å². The van der Waals surface area contributed by atoms with E-state index in [1.54, 1.807) is 12.4 Å². The maximum Gasteiger partial charge on any atom is 0.418 e. The molecule has 0 aliphatic heterocycles. The molecular formula is C13H14BrNO2. The molecule has 0 saturated carbocycles. The Kier molecular flexibility index (Phi) is 3.00. The molecule has 3 nitrogen and oxygen atoms in total. The van der Waals surface area contributed by atoms with E-state index in [0.29, 0.717) is 0 Å². The summed E-state index contributed by atoms with van der Waals surface area (Å²) in [7, 11) is 0. The number of hydrogen-bond donors (Lipinski definition) is 0. The van der Waals surface area contributed by atoms with Crippen LogP contribution in [0.1, 0.15) is 20.8 Å². The number of benzene rings is 1. The lowest BCUT2D eigenvalue weighted by atomic mass is 10.2. The Morgan fingerprint density at radius 1 is 1.29 bits per heavy atom. The van der Waals surface area contributed by atoms with Gasteiger partial charge in [-0.05, 0) is 26.8 Å². The van der Waals surface area contributed by atoms with E-state index < -0.39 is 5.60 Å². The first-order valence-electron chi connectivity index (χ1n) is 5.36. The molecule has 1 aromatic heterocycles. The van der Waals surface area contributed by atoms with Crippen LogP contribution in [0.3, 0.4) is 0 Å². The van der Waals surface area contributed by atoms with Gasteiger partial charge >= 0.3 is 6.09 Å². The van der Waals surface area contributed by atoms with Crippen molar-refractivity contribution >= 4 is 32.8 Å². The van der Waals surface area contributed by atoms with Crippen LogP contribution >= 0.6 is 15.9 Å². The highest BCUT2D eigenvalue weighted by atomic mass is 79.9. The largest absolute Gasteiger partial charge is 0.443 e. The van der Waals surface area contributed by atoms with Crippen molar-refractivity contribution in [2.24, 2.45) is 0 Å². The van der Waals surface area contributed by atoms with Crippen molar-refractivity contribution in [2.75, 3.05) is 0 Å². The summed E-state index contributed by atoms with van der Waals surface area (Å²) in [4.78, 5) is 11.9. The maximum atomic E-state index is 11.9. The minimum Gasteiger partial charge on any atom is -0.443 e. The highest BCUT2D eigenvalue weighted by Gasteiger charge is 2.18. The summed E-state index contributed by atoms with van der Waals surface area (Å²) >= 11 is 3.46. The highest BCUT2D eigenvalue weighted by molar-refractivity contribution is 9.10. The number of ether oxygens (including phenoxy) is 1. The molecule has 4 heteroatoms. The Labute approximate surface area is 108 Å². The summed E-state index contributed by atoms with van der Waals surface area (Å²) < 4.78 is 7.74. The molecule has 0 fully saturated rings. The standard InChI is InChI=1S/C13H14BrNO2/c1-13(2,3)17-12(16)15-7-9-5-4-6-11(14)10(9)8-15/h4-8H,1-3H3. The van der Waals surface area contributed by atoms with Crippen molar-refractivity contribution in [3.05, 3.63) is 35.1 Å². The van der Waals surface area contributed by atoms with Gasteiger partial charge in [0.05, 0.1) is 0 Å². The summed E-state index contributed by atoms with van der Waals surface area (Å²) in [6.45, 7) is 5.55. The minimum absolute atomic E-state index is 0.361. The van der Waals surface area contributed by atoms with Gasteiger partial charge in [-0.25, -0.2) is 4.79 Å². The Morgan fingerprint density at radius 3 is 2.59 bits per heavy atom. The Hall–Kier alpha value is -1.29. The van der Waals surface area contributed by atoms with Crippen LogP contribution in [0.15, 0.2) is 35.1 Å². The number of fused-ring (bicyclic) bond motifs is 1. The number of hydrogen-bond acceptors (Lipinski definition) is 2. The molecule has 0 unspecified atom stereocenters. The van der Waals surface area contributed by atoms with Crippen molar-refractivity contribution in [1.82, 2.24) is 4.57 Å². The van der Waals surface area contributed by atoms with Gasteiger partial charge in [0.15, 0.2) is 0 Å². The number of carbonyl (C=O) groups excluding carboxylic acids is 1. The van der Waals surface area contributed by atoms with Crippen LogP contribution < -0.4 is 0 Å². The van der Waals surface area contributed by atoms with Crippen molar-refractivity contribution in [3.63, 3.8) is 0 Å². The van der Waals surface area contributed by atoms with Crippen LogP contribution in [0.5, 0.6) is 0 Å². The third-order valence-electron chi connectivity index (χ3n) is 2.24. The van der Waals surface area contributed by atoms with Gasteiger partial charge in [-0.2, -0.15) is 0 Å². The molecule has 17 heavy (non-hydrogen) atoms. The zero-order chi connectivity index (χ0) is 12.6. The predicted octanol–water partition coefficient (Wildman–Crippen LogP) is 4.19. The van der Waals surface area contributed by atoms with E-state index >= 15 is 0 Å². The van der Waals surface area contributed by atoms with Crippen LogP contribution in [0, 0.1) is 0 Å². The van der Waals surface area contributed by atoms with E-state index in [1.807, 2.05) is 39.0 Å². The lowest BCUT2D eigenvalue weighted by molar-refractivity contribution is 0.0538. The molecule has 0 spiro atoms. The topological polar surface area (TPSA) is 31.2 Å². The number of aromatic nitrogens is 1.